The van der Waals surface area contributed by atoms with Crippen LogP contribution in [0.5, 0.6) is 0 Å². The van der Waals surface area contributed by atoms with Crippen molar-refractivity contribution in [1.29, 1.82) is 0 Å². The van der Waals surface area contributed by atoms with E-state index < -0.39 is 0 Å². The van der Waals surface area contributed by atoms with Crippen molar-refractivity contribution in [2.45, 2.75) is 31.5 Å². The van der Waals surface area contributed by atoms with Crippen molar-refractivity contribution < 1.29 is 4.79 Å². The van der Waals surface area contributed by atoms with Crippen LogP contribution in [0.1, 0.15) is 17.5 Å². The molecule has 0 bridgehead atoms. The van der Waals surface area contributed by atoms with Crippen molar-refractivity contribution >= 4 is 6.03 Å². The molecule has 0 saturated carbocycles. The first-order chi connectivity index (χ1) is 12.0. The highest BCUT2D eigenvalue weighted by atomic mass is 16.2. The van der Waals surface area contributed by atoms with Crippen LogP contribution in [0.25, 0.3) is 0 Å². The third-order valence-corrected chi connectivity index (χ3v) is 4.92. The van der Waals surface area contributed by atoms with E-state index in [2.05, 4.69) is 29.4 Å². The minimum absolute atomic E-state index is 0.0158. The smallest absolute Gasteiger partial charge is 0.317 e. The third-order valence-electron chi connectivity index (χ3n) is 4.92. The Kier molecular flexibility index (Phi) is 5.38. The van der Waals surface area contributed by atoms with E-state index in [-0.39, 0.29) is 12.1 Å². The lowest BCUT2D eigenvalue weighted by Gasteiger charge is -2.31. The number of carbonyl (C=O) groups excluding carboxylic acids is 1. The minimum atomic E-state index is 0.0158. The molecule has 0 radical (unpaired) electrons. The average Bonchev–Trinajstić information content (AvgIpc) is 3.20. The first kappa shape index (κ1) is 17.5. The molecule has 6 nitrogen and oxygen atoms in total. The lowest BCUT2D eigenvalue weighted by atomic mass is 10.0. The first-order valence-electron chi connectivity index (χ1n) is 8.77. The summed E-state index contributed by atoms with van der Waals surface area (Å²) in [6, 6.07) is 10.6. The maximum atomic E-state index is 12.8. The molecule has 1 saturated heterocycles. The second-order valence-corrected chi connectivity index (χ2v) is 6.95. The monoisotopic (exact) mass is 341 g/mol. The Balaban J connectivity index is 1.68. The van der Waals surface area contributed by atoms with E-state index in [0.717, 1.165) is 24.9 Å². The molecular formula is C19H27N5O. The fraction of sp³-hybridized carbons (Fsp3) is 0.474. The molecule has 0 spiro atoms. The summed E-state index contributed by atoms with van der Waals surface area (Å²) < 4.78 is 1.81. The van der Waals surface area contributed by atoms with Crippen molar-refractivity contribution in [2.24, 2.45) is 7.05 Å². The maximum absolute atomic E-state index is 12.8. The van der Waals surface area contributed by atoms with Crippen molar-refractivity contribution in [3.8, 4) is 0 Å². The summed E-state index contributed by atoms with van der Waals surface area (Å²) in [6.45, 7) is 1.34. The third kappa shape index (κ3) is 4.20. The number of carbonyl (C=O) groups is 1. The van der Waals surface area contributed by atoms with E-state index in [0.29, 0.717) is 12.6 Å². The molecule has 0 unspecified atom stereocenters. The number of aromatic nitrogens is 2. The van der Waals surface area contributed by atoms with Crippen LogP contribution < -0.4 is 5.32 Å². The number of hydrogen-bond acceptors (Lipinski definition) is 3. The molecule has 1 aromatic carbocycles. The van der Waals surface area contributed by atoms with Crippen LogP contribution in [0.3, 0.4) is 0 Å². The van der Waals surface area contributed by atoms with Crippen molar-refractivity contribution in [2.75, 3.05) is 20.6 Å². The minimum Gasteiger partial charge on any atom is -0.334 e. The molecule has 1 N–H and O–H groups in total. The predicted molar refractivity (Wildman–Crippen MR) is 98.2 cm³/mol. The van der Waals surface area contributed by atoms with E-state index in [9.17, 15) is 4.79 Å². The number of benzene rings is 1. The molecule has 0 aliphatic carbocycles. The van der Waals surface area contributed by atoms with E-state index in [1.807, 2.05) is 59.4 Å². The van der Waals surface area contributed by atoms with Gasteiger partial charge in [0.15, 0.2) is 0 Å². The van der Waals surface area contributed by atoms with Gasteiger partial charge in [0.25, 0.3) is 0 Å². The molecule has 1 aromatic heterocycles. The number of rotatable bonds is 5. The quantitative estimate of drug-likeness (QED) is 0.903. The number of hydrogen-bond donors (Lipinski definition) is 1. The van der Waals surface area contributed by atoms with E-state index in [1.165, 1.54) is 5.56 Å². The summed E-state index contributed by atoms with van der Waals surface area (Å²) in [5.41, 5.74) is 2.28. The molecular weight excluding hydrogens is 314 g/mol. The van der Waals surface area contributed by atoms with Crippen LogP contribution in [0.2, 0.25) is 0 Å². The number of amides is 2. The van der Waals surface area contributed by atoms with Gasteiger partial charge in [-0.3, -0.25) is 4.68 Å². The zero-order valence-electron chi connectivity index (χ0n) is 15.2. The van der Waals surface area contributed by atoms with Gasteiger partial charge in [0.2, 0.25) is 0 Å². The van der Waals surface area contributed by atoms with E-state index in [1.54, 1.807) is 0 Å². The van der Waals surface area contributed by atoms with Crippen molar-refractivity contribution in [1.82, 2.24) is 24.9 Å². The topological polar surface area (TPSA) is 53.4 Å². The normalized spacial score (nSPS) is 20.2. The molecule has 134 valence electrons. The Labute approximate surface area is 149 Å². The van der Waals surface area contributed by atoms with Crippen LogP contribution in [-0.2, 0) is 20.0 Å². The van der Waals surface area contributed by atoms with Gasteiger partial charge in [0.1, 0.15) is 0 Å². The number of nitrogens with zero attached hydrogens (tertiary/aromatic N) is 4. The maximum Gasteiger partial charge on any atom is 0.317 e. The van der Waals surface area contributed by atoms with E-state index >= 15 is 0 Å². The molecule has 2 amide bonds. The van der Waals surface area contributed by atoms with Gasteiger partial charge in [-0.2, -0.15) is 5.10 Å². The van der Waals surface area contributed by atoms with Gasteiger partial charge in [0.05, 0.1) is 12.2 Å². The number of likely N-dealkylation sites (tertiary alicyclic amines) is 1. The standard InChI is InChI=1S/C19H27N5O/c1-22(2)17-9-10-24(18(17)11-16-13-21-23(3)14-16)19(25)20-12-15-7-5-4-6-8-15/h4-8,13-14,17-18H,9-12H2,1-3H3,(H,20,25)/t17-,18+/m1/s1. The fourth-order valence-corrected chi connectivity index (χ4v) is 3.63. The van der Waals surface area contributed by atoms with Gasteiger partial charge >= 0.3 is 6.03 Å². The number of nitrogens with one attached hydrogen (secondary N) is 1. The Morgan fingerprint density at radius 3 is 2.68 bits per heavy atom. The summed E-state index contributed by atoms with van der Waals surface area (Å²) in [5, 5.41) is 7.33. The second-order valence-electron chi connectivity index (χ2n) is 6.95. The summed E-state index contributed by atoms with van der Waals surface area (Å²) in [5.74, 6) is 0. The first-order valence-corrected chi connectivity index (χ1v) is 8.77. The molecule has 1 aliphatic heterocycles. The second kappa shape index (κ2) is 7.70. The van der Waals surface area contributed by atoms with Gasteiger partial charge in [0, 0.05) is 32.4 Å². The summed E-state index contributed by atoms with van der Waals surface area (Å²) in [4.78, 5) is 17.0. The largest absolute Gasteiger partial charge is 0.334 e. The van der Waals surface area contributed by atoms with Gasteiger partial charge < -0.3 is 15.1 Å². The summed E-state index contributed by atoms with van der Waals surface area (Å²) in [6.07, 6.45) is 5.75. The van der Waals surface area contributed by atoms with Gasteiger partial charge in [-0.15, -0.1) is 0 Å². The lowest BCUT2D eigenvalue weighted by molar-refractivity contribution is 0.171. The molecule has 6 heteroatoms. The number of urea groups is 1. The Morgan fingerprint density at radius 2 is 2.04 bits per heavy atom. The van der Waals surface area contributed by atoms with Gasteiger partial charge in [-0.05, 0) is 38.1 Å². The number of aryl methyl sites for hydroxylation is 1. The predicted octanol–water partition coefficient (Wildman–Crippen LogP) is 1.88. The zero-order valence-corrected chi connectivity index (χ0v) is 15.2. The Morgan fingerprint density at radius 1 is 1.28 bits per heavy atom. The van der Waals surface area contributed by atoms with Crippen LogP contribution in [0.15, 0.2) is 42.7 Å². The lowest BCUT2D eigenvalue weighted by Crippen LogP contribution is -2.49. The average molecular weight is 341 g/mol. The van der Waals surface area contributed by atoms with Crippen LogP contribution in [-0.4, -0.2) is 58.3 Å². The van der Waals surface area contributed by atoms with Crippen LogP contribution in [0.4, 0.5) is 4.79 Å². The highest BCUT2D eigenvalue weighted by Crippen LogP contribution is 2.25. The summed E-state index contributed by atoms with van der Waals surface area (Å²) in [7, 11) is 6.10. The fourth-order valence-electron chi connectivity index (χ4n) is 3.63. The molecule has 3 rings (SSSR count). The highest BCUT2D eigenvalue weighted by molar-refractivity contribution is 5.75. The molecule has 2 aromatic rings. The highest BCUT2D eigenvalue weighted by Gasteiger charge is 2.38. The Hall–Kier alpha value is -2.34. The molecule has 2 atom stereocenters. The molecule has 1 fully saturated rings. The van der Waals surface area contributed by atoms with Crippen LogP contribution >= 0.6 is 0 Å². The Bertz CT molecular complexity index is 697. The van der Waals surface area contributed by atoms with Gasteiger partial charge in [-0.1, -0.05) is 30.3 Å². The van der Waals surface area contributed by atoms with Crippen molar-refractivity contribution in [3.05, 3.63) is 53.9 Å². The zero-order chi connectivity index (χ0) is 17.8. The van der Waals surface area contributed by atoms with E-state index in [4.69, 9.17) is 0 Å². The SMILES string of the molecule is CN(C)[C@@H]1CCN(C(=O)NCc2ccccc2)[C@H]1Cc1cnn(C)c1. The summed E-state index contributed by atoms with van der Waals surface area (Å²) >= 11 is 0. The van der Waals surface area contributed by atoms with Crippen LogP contribution in [0, 0.1) is 0 Å². The molecule has 2 heterocycles. The number of likely N-dealkylation sites (N-methyl/N-ethyl adjacent to an activating group) is 1. The van der Waals surface area contributed by atoms with Crippen molar-refractivity contribution in [3.63, 3.8) is 0 Å². The molecule has 1 aliphatic rings. The molecule has 25 heavy (non-hydrogen) atoms. The van der Waals surface area contributed by atoms with Gasteiger partial charge in [-0.25, -0.2) is 4.79 Å².